The van der Waals surface area contributed by atoms with Gasteiger partial charge in [0.05, 0.1) is 29.8 Å². The highest BCUT2D eigenvalue weighted by molar-refractivity contribution is 5.77. The number of nitrogens with zero attached hydrogens (tertiary/aromatic N) is 5. The highest BCUT2D eigenvalue weighted by Gasteiger charge is 2.27. The van der Waals surface area contributed by atoms with Gasteiger partial charge in [-0.05, 0) is 45.7 Å². The van der Waals surface area contributed by atoms with Gasteiger partial charge in [-0.2, -0.15) is 5.10 Å². The number of aromatic nitrogens is 4. The minimum absolute atomic E-state index is 0.102. The molecular formula is C21H26N6O2. The molecule has 29 heavy (non-hydrogen) atoms. The van der Waals surface area contributed by atoms with Gasteiger partial charge in [0, 0.05) is 30.9 Å². The summed E-state index contributed by atoms with van der Waals surface area (Å²) in [5.74, 6) is 0.689. The van der Waals surface area contributed by atoms with Gasteiger partial charge in [0.25, 0.3) is 0 Å². The van der Waals surface area contributed by atoms with Crippen molar-refractivity contribution in [1.29, 1.82) is 0 Å². The summed E-state index contributed by atoms with van der Waals surface area (Å²) in [4.78, 5) is 23.2. The molecule has 1 amide bonds. The van der Waals surface area contributed by atoms with Crippen molar-refractivity contribution in [3.05, 3.63) is 43.0 Å². The fourth-order valence-corrected chi connectivity index (χ4v) is 3.49. The molecule has 1 saturated heterocycles. The molecule has 1 fully saturated rings. The van der Waals surface area contributed by atoms with Crippen LogP contribution in [0.5, 0.6) is 0 Å². The van der Waals surface area contributed by atoms with E-state index in [1.165, 1.54) is 0 Å². The number of anilines is 1. The number of amides is 1. The van der Waals surface area contributed by atoms with Gasteiger partial charge in [-0.1, -0.05) is 6.07 Å². The second-order valence-corrected chi connectivity index (χ2v) is 8.29. The molecule has 0 radical (unpaired) electrons. The topological polar surface area (TPSA) is 84.6 Å². The van der Waals surface area contributed by atoms with Gasteiger partial charge in [-0.25, -0.2) is 14.3 Å². The maximum absolute atomic E-state index is 12.4. The molecule has 8 heteroatoms. The van der Waals surface area contributed by atoms with E-state index in [9.17, 15) is 4.79 Å². The molecule has 0 spiro atoms. The van der Waals surface area contributed by atoms with Crippen molar-refractivity contribution < 1.29 is 9.53 Å². The van der Waals surface area contributed by atoms with E-state index in [4.69, 9.17) is 9.72 Å². The van der Waals surface area contributed by atoms with Crippen molar-refractivity contribution in [3.63, 3.8) is 0 Å². The van der Waals surface area contributed by atoms with E-state index in [1.807, 2.05) is 49.7 Å². The number of likely N-dealkylation sites (tertiary alicyclic amines) is 1. The van der Waals surface area contributed by atoms with Crippen LogP contribution in [0.25, 0.3) is 16.8 Å². The van der Waals surface area contributed by atoms with E-state index in [0.717, 1.165) is 29.6 Å². The van der Waals surface area contributed by atoms with Gasteiger partial charge in [0.1, 0.15) is 11.4 Å². The minimum atomic E-state index is -0.494. The second-order valence-electron chi connectivity index (χ2n) is 8.29. The van der Waals surface area contributed by atoms with Crippen molar-refractivity contribution in [1.82, 2.24) is 24.5 Å². The van der Waals surface area contributed by atoms with Crippen LogP contribution in [-0.4, -0.2) is 55.3 Å². The fourth-order valence-electron chi connectivity index (χ4n) is 3.49. The zero-order valence-electron chi connectivity index (χ0n) is 17.0. The van der Waals surface area contributed by atoms with Crippen LogP contribution in [0.2, 0.25) is 0 Å². The molecule has 3 aromatic heterocycles. The summed E-state index contributed by atoms with van der Waals surface area (Å²) < 4.78 is 7.32. The van der Waals surface area contributed by atoms with Crippen molar-refractivity contribution in [3.8, 4) is 11.3 Å². The zero-order valence-corrected chi connectivity index (χ0v) is 17.0. The van der Waals surface area contributed by atoms with E-state index >= 15 is 0 Å². The highest BCUT2D eigenvalue weighted by atomic mass is 16.6. The van der Waals surface area contributed by atoms with Crippen LogP contribution in [0.4, 0.5) is 10.6 Å². The standard InChI is InChI=1S/C21H26N6O2/c1-21(2,3)29-20(28)26-9-6-7-15(14-26)24-19-13-22-12-17(25-19)16-11-23-27-10-5-4-8-18(16)27/h4-5,8,10-13,15H,6-7,9,14H2,1-3H3,(H,24,25)/t15-/m1/s1. The average Bonchev–Trinajstić information content (AvgIpc) is 3.11. The van der Waals surface area contributed by atoms with Crippen LogP contribution >= 0.6 is 0 Å². The lowest BCUT2D eigenvalue weighted by Crippen LogP contribution is -2.47. The van der Waals surface area contributed by atoms with Crippen LogP contribution in [0.3, 0.4) is 0 Å². The number of hydrogen-bond acceptors (Lipinski definition) is 6. The molecule has 0 aliphatic carbocycles. The fraction of sp³-hybridized carbons (Fsp3) is 0.429. The molecule has 0 aromatic carbocycles. The lowest BCUT2D eigenvalue weighted by atomic mass is 10.1. The van der Waals surface area contributed by atoms with E-state index in [1.54, 1.807) is 23.5 Å². The number of ether oxygens (including phenoxy) is 1. The Bertz CT molecular complexity index is 1010. The molecule has 1 atom stereocenters. The Kier molecular flexibility index (Phi) is 5.08. The Morgan fingerprint density at radius 2 is 2.10 bits per heavy atom. The number of fused-ring (bicyclic) bond motifs is 1. The van der Waals surface area contributed by atoms with Crippen LogP contribution in [-0.2, 0) is 4.74 Å². The third-order valence-corrected chi connectivity index (χ3v) is 4.76. The van der Waals surface area contributed by atoms with Gasteiger partial charge < -0.3 is 15.0 Å². The summed E-state index contributed by atoms with van der Waals surface area (Å²) >= 11 is 0. The normalized spacial score (nSPS) is 17.3. The van der Waals surface area contributed by atoms with Crippen LogP contribution in [0.1, 0.15) is 33.6 Å². The Morgan fingerprint density at radius 1 is 1.24 bits per heavy atom. The lowest BCUT2D eigenvalue weighted by molar-refractivity contribution is 0.0206. The number of carbonyl (C=O) groups is 1. The van der Waals surface area contributed by atoms with Crippen molar-refractivity contribution in [2.45, 2.75) is 45.3 Å². The number of carbonyl (C=O) groups excluding carboxylic acids is 1. The van der Waals surface area contributed by atoms with Crippen molar-refractivity contribution >= 4 is 17.4 Å². The van der Waals surface area contributed by atoms with Gasteiger partial charge in [0.15, 0.2) is 0 Å². The SMILES string of the molecule is CC(C)(C)OC(=O)N1CCC[C@@H](Nc2cncc(-c3cnn4ccccc34)n2)C1. The third kappa shape index (κ3) is 4.47. The smallest absolute Gasteiger partial charge is 0.410 e. The van der Waals surface area contributed by atoms with Gasteiger partial charge in [-0.3, -0.25) is 4.98 Å². The Balaban J connectivity index is 1.47. The van der Waals surface area contributed by atoms with E-state index < -0.39 is 5.60 Å². The number of nitrogens with one attached hydrogen (secondary N) is 1. The van der Waals surface area contributed by atoms with Gasteiger partial charge >= 0.3 is 6.09 Å². The zero-order chi connectivity index (χ0) is 20.4. The first-order valence-electron chi connectivity index (χ1n) is 9.88. The molecule has 1 N–H and O–H groups in total. The van der Waals surface area contributed by atoms with Gasteiger partial charge in [0.2, 0.25) is 0 Å². The number of hydrogen-bond donors (Lipinski definition) is 1. The summed E-state index contributed by atoms with van der Waals surface area (Å²) in [6, 6.07) is 6.02. The molecule has 8 nitrogen and oxygen atoms in total. The Hall–Kier alpha value is -3.16. The maximum atomic E-state index is 12.4. The van der Waals surface area contributed by atoms with Gasteiger partial charge in [-0.15, -0.1) is 0 Å². The van der Waals surface area contributed by atoms with E-state index in [0.29, 0.717) is 18.9 Å². The molecule has 0 bridgehead atoms. The van der Waals surface area contributed by atoms with Crippen molar-refractivity contribution in [2.75, 3.05) is 18.4 Å². The minimum Gasteiger partial charge on any atom is -0.444 e. The van der Waals surface area contributed by atoms with Crippen molar-refractivity contribution in [2.24, 2.45) is 0 Å². The monoisotopic (exact) mass is 394 g/mol. The first kappa shape index (κ1) is 19.2. The molecule has 152 valence electrons. The lowest BCUT2D eigenvalue weighted by Gasteiger charge is -2.34. The van der Waals surface area contributed by atoms with E-state index in [2.05, 4.69) is 15.4 Å². The van der Waals surface area contributed by atoms with E-state index in [-0.39, 0.29) is 12.1 Å². The molecule has 4 heterocycles. The predicted molar refractivity (Wildman–Crippen MR) is 111 cm³/mol. The molecule has 4 rings (SSSR count). The molecular weight excluding hydrogens is 368 g/mol. The largest absolute Gasteiger partial charge is 0.444 e. The Labute approximate surface area is 169 Å². The number of piperidine rings is 1. The number of pyridine rings is 1. The summed E-state index contributed by atoms with van der Waals surface area (Å²) in [6.07, 6.45) is 8.76. The maximum Gasteiger partial charge on any atom is 0.410 e. The summed E-state index contributed by atoms with van der Waals surface area (Å²) in [6.45, 7) is 6.93. The molecule has 3 aromatic rings. The van der Waals surface area contributed by atoms with Crippen LogP contribution in [0, 0.1) is 0 Å². The predicted octanol–water partition coefficient (Wildman–Crippen LogP) is 3.60. The summed E-state index contributed by atoms with van der Waals surface area (Å²) in [7, 11) is 0. The van der Waals surface area contributed by atoms with Crippen LogP contribution in [0.15, 0.2) is 43.0 Å². The van der Waals surface area contributed by atoms with Crippen LogP contribution < -0.4 is 5.32 Å². The summed E-state index contributed by atoms with van der Waals surface area (Å²) in [5.41, 5.74) is 2.18. The summed E-state index contributed by atoms with van der Waals surface area (Å²) in [5, 5.41) is 7.80. The Morgan fingerprint density at radius 3 is 2.93 bits per heavy atom. The number of rotatable bonds is 3. The third-order valence-electron chi connectivity index (χ3n) is 4.76. The highest BCUT2D eigenvalue weighted by Crippen LogP contribution is 2.24. The first-order chi connectivity index (χ1) is 13.9. The first-order valence-corrected chi connectivity index (χ1v) is 9.88. The molecule has 1 aliphatic heterocycles. The second kappa shape index (κ2) is 7.69. The molecule has 0 saturated carbocycles. The molecule has 1 aliphatic rings. The molecule has 0 unspecified atom stereocenters. The average molecular weight is 394 g/mol. The quantitative estimate of drug-likeness (QED) is 0.731.